The molecule has 0 radical (unpaired) electrons. The van der Waals surface area contributed by atoms with Gasteiger partial charge in [0.15, 0.2) is 5.78 Å². The van der Waals surface area contributed by atoms with Crippen LogP contribution in [0.15, 0.2) is 36.4 Å². The molecule has 0 saturated carbocycles. The fraction of sp³-hybridized carbons (Fsp3) is 0.267. The van der Waals surface area contributed by atoms with Crippen molar-refractivity contribution in [3.05, 3.63) is 42.0 Å². The van der Waals surface area contributed by atoms with Gasteiger partial charge in [-0.1, -0.05) is 24.3 Å². The second-order valence-electron chi connectivity index (χ2n) is 4.38. The van der Waals surface area contributed by atoms with E-state index in [4.69, 9.17) is 4.74 Å². The SMILES string of the molecule is COc1ccc2cc(CC(O)C(C)=O)ccc2c1. The number of fused-ring (bicyclic) bond motifs is 1. The average Bonchev–Trinajstić information content (AvgIpc) is 2.37. The molecule has 0 aliphatic carbocycles. The van der Waals surface area contributed by atoms with Gasteiger partial charge in [-0.25, -0.2) is 0 Å². The maximum Gasteiger partial charge on any atom is 0.158 e. The van der Waals surface area contributed by atoms with Crippen molar-refractivity contribution in [2.45, 2.75) is 19.4 Å². The maximum absolute atomic E-state index is 11.0. The molecule has 1 unspecified atom stereocenters. The molecule has 94 valence electrons. The predicted octanol–water partition coefficient (Wildman–Crippen LogP) is 2.34. The van der Waals surface area contributed by atoms with Crippen LogP contribution >= 0.6 is 0 Å². The Kier molecular flexibility index (Phi) is 3.63. The Labute approximate surface area is 106 Å². The number of Topliss-reactive ketones (excluding diaryl/α,β-unsaturated/α-hetero) is 1. The van der Waals surface area contributed by atoms with E-state index in [9.17, 15) is 9.90 Å². The van der Waals surface area contributed by atoms with Crippen LogP contribution in [0.1, 0.15) is 12.5 Å². The minimum absolute atomic E-state index is 0.204. The number of rotatable bonds is 4. The topological polar surface area (TPSA) is 46.5 Å². The van der Waals surface area contributed by atoms with Gasteiger partial charge in [0, 0.05) is 6.42 Å². The number of carbonyl (C=O) groups excluding carboxylic acids is 1. The van der Waals surface area contributed by atoms with Gasteiger partial charge in [0.05, 0.1) is 7.11 Å². The first kappa shape index (κ1) is 12.6. The van der Waals surface area contributed by atoms with Crippen molar-refractivity contribution in [2.24, 2.45) is 0 Å². The summed E-state index contributed by atoms with van der Waals surface area (Å²) >= 11 is 0. The molecule has 18 heavy (non-hydrogen) atoms. The molecule has 0 aliphatic heterocycles. The van der Waals surface area contributed by atoms with Crippen molar-refractivity contribution in [1.82, 2.24) is 0 Å². The van der Waals surface area contributed by atoms with Crippen LogP contribution in [0.5, 0.6) is 5.75 Å². The van der Waals surface area contributed by atoms with Crippen molar-refractivity contribution in [2.75, 3.05) is 7.11 Å². The molecule has 1 N–H and O–H groups in total. The summed E-state index contributed by atoms with van der Waals surface area (Å²) < 4.78 is 5.16. The Morgan fingerprint density at radius 2 is 1.89 bits per heavy atom. The van der Waals surface area contributed by atoms with Crippen LogP contribution in [0.2, 0.25) is 0 Å². The lowest BCUT2D eigenvalue weighted by Gasteiger charge is -2.08. The van der Waals surface area contributed by atoms with Crippen molar-refractivity contribution in [3.63, 3.8) is 0 Å². The Morgan fingerprint density at radius 3 is 2.56 bits per heavy atom. The molecule has 0 heterocycles. The van der Waals surface area contributed by atoms with Crippen LogP contribution in [0.4, 0.5) is 0 Å². The number of aliphatic hydroxyl groups excluding tert-OH is 1. The van der Waals surface area contributed by atoms with E-state index in [1.54, 1.807) is 7.11 Å². The summed E-state index contributed by atoms with van der Waals surface area (Å²) in [5, 5.41) is 11.7. The standard InChI is InChI=1S/C15H16O3/c1-10(16)15(17)8-11-3-4-13-9-14(18-2)6-5-12(13)7-11/h3-7,9,15,17H,8H2,1-2H3. The quantitative estimate of drug-likeness (QED) is 0.898. The fourth-order valence-electron chi connectivity index (χ4n) is 1.89. The number of hydrogen-bond donors (Lipinski definition) is 1. The van der Waals surface area contributed by atoms with Crippen LogP contribution in [0.3, 0.4) is 0 Å². The first-order valence-electron chi connectivity index (χ1n) is 5.85. The van der Waals surface area contributed by atoms with Gasteiger partial charge in [-0.2, -0.15) is 0 Å². The van der Waals surface area contributed by atoms with Gasteiger partial charge >= 0.3 is 0 Å². The zero-order valence-electron chi connectivity index (χ0n) is 10.5. The van der Waals surface area contributed by atoms with E-state index in [1.807, 2.05) is 36.4 Å². The smallest absolute Gasteiger partial charge is 0.158 e. The molecular formula is C15H16O3. The first-order chi connectivity index (χ1) is 8.60. The van der Waals surface area contributed by atoms with Crippen molar-refractivity contribution in [1.29, 1.82) is 0 Å². The molecule has 0 fully saturated rings. The molecule has 1 atom stereocenters. The van der Waals surface area contributed by atoms with Crippen LogP contribution in [0.25, 0.3) is 10.8 Å². The van der Waals surface area contributed by atoms with E-state index in [-0.39, 0.29) is 5.78 Å². The summed E-state index contributed by atoms with van der Waals surface area (Å²) in [4.78, 5) is 11.0. The summed E-state index contributed by atoms with van der Waals surface area (Å²) in [7, 11) is 1.64. The number of carbonyl (C=O) groups is 1. The highest BCUT2D eigenvalue weighted by Crippen LogP contribution is 2.22. The third-order valence-corrected chi connectivity index (χ3v) is 3.01. The van der Waals surface area contributed by atoms with Crippen LogP contribution < -0.4 is 4.74 Å². The van der Waals surface area contributed by atoms with Crippen molar-refractivity contribution in [3.8, 4) is 5.75 Å². The lowest BCUT2D eigenvalue weighted by Crippen LogP contribution is -2.19. The number of ketones is 1. The van der Waals surface area contributed by atoms with Crippen molar-refractivity contribution >= 4 is 16.6 Å². The number of hydrogen-bond acceptors (Lipinski definition) is 3. The van der Waals surface area contributed by atoms with Crippen molar-refractivity contribution < 1.29 is 14.6 Å². The minimum atomic E-state index is -0.916. The van der Waals surface area contributed by atoms with Gasteiger partial charge in [-0.05, 0) is 35.4 Å². The van der Waals surface area contributed by atoms with E-state index in [0.717, 1.165) is 22.1 Å². The summed E-state index contributed by atoms with van der Waals surface area (Å²) in [5.74, 6) is 0.615. The normalized spacial score (nSPS) is 12.4. The molecule has 0 amide bonds. The Morgan fingerprint density at radius 1 is 1.22 bits per heavy atom. The molecule has 0 bridgehead atoms. The summed E-state index contributed by atoms with van der Waals surface area (Å²) in [6.45, 7) is 1.40. The molecule has 2 aromatic carbocycles. The highest BCUT2D eigenvalue weighted by atomic mass is 16.5. The van der Waals surface area contributed by atoms with E-state index in [2.05, 4.69) is 0 Å². The second-order valence-corrected chi connectivity index (χ2v) is 4.38. The van der Waals surface area contributed by atoms with Crippen LogP contribution in [0, 0.1) is 0 Å². The Hall–Kier alpha value is -1.87. The predicted molar refractivity (Wildman–Crippen MR) is 70.9 cm³/mol. The second kappa shape index (κ2) is 5.19. The third-order valence-electron chi connectivity index (χ3n) is 3.01. The zero-order valence-corrected chi connectivity index (χ0v) is 10.5. The molecule has 2 rings (SSSR count). The molecule has 3 nitrogen and oxygen atoms in total. The lowest BCUT2D eigenvalue weighted by atomic mass is 10.0. The van der Waals surface area contributed by atoms with E-state index >= 15 is 0 Å². The number of aliphatic hydroxyl groups is 1. The highest BCUT2D eigenvalue weighted by molar-refractivity contribution is 5.85. The largest absolute Gasteiger partial charge is 0.497 e. The Balaban J connectivity index is 2.30. The van der Waals surface area contributed by atoms with Gasteiger partial charge in [0.1, 0.15) is 11.9 Å². The monoisotopic (exact) mass is 244 g/mol. The molecule has 0 saturated heterocycles. The van der Waals surface area contributed by atoms with Gasteiger partial charge in [-0.3, -0.25) is 4.79 Å². The Bertz CT molecular complexity index is 575. The van der Waals surface area contributed by atoms with E-state index < -0.39 is 6.10 Å². The molecule has 3 heteroatoms. The minimum Gasteiger partial charge on any atom is -0.497 e. The number of ether oxygens (including phenoxy) is 1. The molecular weight excluding hydrogens is 228 g/mol. The fourth-order valence-corrected chi connectivity index (χ4v) is 1.89. The maximum atomic E-state index is 11.0. The lowest BCUT2D eigenvalue weighted by molar-refractivity contribution is -0.124. The molecule has 0 aromatic heterocycles. The number of methoxy groups -OCH3 is 1. The first-order valence-corrected chi connectivity index (χ1v) is 5.85. The van der Waals surface area contributed by atoms with Gasteiger partial charge in [-0.15, -0.1) is 0 Å². The summed E-state index contributed by atoms with van der Waals surface area (Å²) in [6, 6.07) is 11.7. The summed E-state index contributed by atoms with van der Waals surface area (Å²) in [5.41, 5.74) is 0.954. The molecule has 0 spiro atoms. The van der Waals surface area contributed by atoms with Crippen LogP contribution in [-0.4, -0.2) is 24.1 Å². The zero-order chi connectivity index (χ0) is 13.1. The third kappa shape index (κ3) is 2.68. The molecule has 2 aromatic rings. The summed E-state index contributed by atoms with van der Waals surface area (Å²) in [6.07, 6.45) is -0.558. The van der Waals surface area contributed by atoms with Gasteiger partial charge in [0.25, 0.3) is 0 Å². The van der Waals surface area contributed by atoms with E-state index in [0.29, 0.717) is 6.42 Å². The number of benzene rings is 2. The van der Waals surface area contributed by atoms with Crippen LogP contribution in [-0.2, 0) is 11.2 Å². The van der Waals surface area contributed by atoms with E-state index in [1.165, 1.54) is 6.92 Å². The molecule has 0 aliphatic rings. The van der Waals surface area contributed by atoms with Gasteiger partial charge < -0.3 is 9.84 Å². The van der Waals surface area contributed by atoms with Gasteiger partial charge in [0.2, 0.25) is 0 Å². The average molecular weight is 244 g/mol. The highest BCUT2D eigenvalue weighted by Gasteiger charge is 2.10.